The third kappa shape index (κ3) is 2.55. The van der Waals surface area contributed by atoms with Crippen LogP contribution in [0.25, 0.3) is 10.1 Å². The van der Waals surface area contributed by atoms with Gasteiger partial charge in [-0.25, -0.2) is 4.79 Å². The summed E-state index contributed by atoms with van der Waals surface area (Å²) in [6.07, 6.45) is 3.61. The van der Waals surface area contributed by atoms with Crippen LogP contribution >= 0.6 is 23.1 Å². The van der Waals surface area contributed by atoms with Crippen molar-refractivity contribution in [1.29, 1.82) is 0 Å². The number of benzene rings is 1. The minimum Gasteiger partial charge on any atom is -0.465 e. The Bertz CT molecular complexity index is 753. The normalized spacial score (nSPS) is 10.7. The molecule has 0 saturated heterocycles. The van der Waals surface area contributed by atoms with Crippen LogP contribution < -0.4 is 0 Å². The summed E-state index contributed by atoms with van der Waals surface area (Å²) in [7, 11) is 1.39. The van der Waals surface area contributed by atoms with Crippen molar-refractivity contribution in [2.75, 3.05) is 7.11 Å². The first-order valence-electron chi connectivity index (χ1n) is 5.96. The molecule has 5 heteroatoms. The molecule has 2 heterocycles. The summed E-state index contributed by atoms with van der Waals surface area (Å²) in [4.78, 5) is 18.6. The van der Waals surface area contributed by atoms with Gasteiger partial charge in [0.2, 0.25) is 0 Å². The van der Waals surface area contributed by atoms with Crippen LogP contribution in [0.3, 0.4) is 0 Å². The maximum absolute atomic E-state index is 11.6. The number of nitrogens with zero attached hydrogens (tertiary/aromatic N) is 1. The second kappa shape index (κ2) is 5.64. The summed E-state index contributed by atoms with van der Waals surface area (Å²) in [6, 6.07) is 12.0. The number of thiophene rings is 1. The molecule has 0 bridgehead atoms. The lowest BCUT2D eigenvalue weighted by molar-refractivity contribution is 0.0606. The van der Waals surface area contributed by atoms with E-state index in [9.17, 15) is 4.79 Å². The molecule has 2 aromatic heterocycles. The molecule has 3 aromatic rings. The molecule has 0 N–H and O–H groups in total. The Morgan fingerprint density at radius 2 is 2.05 bits per heavy atom. The topological polar surface area (TPSA) is 39.2 Å². The zero-order valence-electron chi connectivity index (χ0n) is 10.7. The van der Waals surface area contributed by atoms with Crippen molar-refractivity contribution in [3.8, 4) is 0 Å². The van der Waals surface area contributed by atoms with E-state index in [0.717, 1.165) is 19.9 Å². The molecule has 0 aliphatic heterocycles. The maximum atomic E-state index is 11.6. The maximum Gasteiger partial charge on any atom is 0.348 e. The zero-order chi connectivity index (χ0) is 13.9. The molecule has 0 atom stereocenters. The Hall–Kier alpha value is -1.85. The van der Waals surface area contributed by atoms with E-state index in [1.54, 1.807) is 18.0 Å². The molecule has 0 aliphatic carbocycles. The van der Waals surface area contributed by atoms with E-state index >= 15 is 0 Å². The third-order valence-electron chi connectivity index (χ3n) is 2.77. The number of carbonyl (C=O) groups is 1. The molecule has 0 fully saturated rings. The largest absolute Gasteiger partial charge is 0.465 e. The van der Waals surface area contributed by atoms with Crippen LogP contribution in [0.4, 0.5) is 0 Å². The minimum absolute atomic E-state index is 0.304. The molecular weight excluding hydrogens is 290 g/mol. The lowest BCUT2D eigenvalue weighted by Crippen LogP contribution is -1.96. The van der Waals surface area contributed by atoms with Gasteiger partial charge >= 0.3 is 5.97 Å². The van der Waals surface area contributed by atoms with Gasteiger partial charge in [-0.3, -0.25) is 4.98 Å². The average Bonchev–Trinajstić information content (AvgIpc) is 2.93. The monoisotopic (exact) mass is 301 g/mol. The highest BCUT2D eigenvalue weighted by atomic mass is 32.2. The number of esters is 1. The van der Waals surface area contributed by atoms with E-state index in [2.05, 4.69) is 17.1 Å². The highest BCUT2D eigenvalue weighted by Crippen LogP contribution is 2.36. The van der Waals surface area contributed by atoms with Crippen LogP contribution in [-0.4, -0.2) is 18.1 Å². The van der Waals surface area contributed by atoms with Gasteiger partial charge in [0.05, 0.1) is 11.8 Å². The fourth-order valence-corrected chi connectivity index (χ4v) is 3.81. The Morgan fingerprint density at radius 1 is 1.25 bits per heavy atom. The van der Waals surface area contributed by atoms with Gasteiger partial charge in [-0.1, -0.05) is 30.0 Å². The van der Waals surface area contributed by atoms with Gasteiger partial charge in [-0.05, 0) is 18.2 Å². The summed E-state index contributed by atoms with van der Waals surface area (Å²) in [5.41, 5.74) is 0. The molecular formula is C15H11NO2S2. The SMILES string of the molecule is COC(=O)c1cc2c(Sc3ccccc3)cncc2s1. The molecule has 0 radical (unpaired) electrons. The van der Waals surface area contributed by atoms with Crippen LogP contribution in [0.1, 0.15) is 9.67 Å². The molecule has 20 heavy (non-hydrogen) atoms. The van der Waals surface area contributed by atoms with Gasteiger partial charge in [-0.2, -0.15) is 0 Å². The third-order valence-corrected chi connectivity index (χ3v) is 4.87. The fourth-order valence-electron chi connectivity index (χ4n) is 1.83. The molecule has 1 aromatic carbocycles. The predicted octanol–water partition coefficient (Wildman–Crippen LogP) is 4.23. The second-order valence-electron chi connectivity index (χ2n) is 4.07. The second-order valence-corrected chi connectivity index (χ2v) is 6.27. The number of rotatable bonds is 3. The van der Waals surface area contributed by atoms with Crippen molar-refractivity contribution in [3.63, 3.8) is 0 Å². The van der Waals surface area contributed by atoms with Gasteiger partial charge < -0.3 is 4.74 Å². The summed E-state index contributed by atoms with van der Waals surface area (Å²) in [5, 5.41) is 1.04. The number of ether oxygens (including phenoxy) is 1. The highest BCUT2D eigenvalue weighted by Gasteiger charge is 2.13. The van der Waals surface area contributed by atoms with Gasteiger partial charge in [0, 0.05) is 27.6 Å². The van der Waals surface area contributed by atoms with E-state index in [-0.39, 0.29) is 5.97 Å². The summed E-state index contributed by atoms with van der Waals surface area (Å²) < 4.78 is 5.76. The number of fused-ring (bicyclic) bond motifs is 1. The van der Waals surface area contributed by atoms with Gasteiger partial charge in [0.15, 0.2) is 0 Å². The molecule has 0 spiro atoms. The quantitative estimate of drug-likeness (QED) is 0.679. The molecule has 0 aliphatic rings. The minimum atomic E-state index is -0.304. The summed E-state index contributed by atoms with van der Waals surface area (Å²) in [5.74, 6) is -0.304. The number of aromatic nitrogens is 1. The smallest absolute Gasteiger partial charge is 0.348 e. The van der Waals surface area contributed by atoms with E-state index < -0.39 is 0 Å². The van der Waals surface area contributed by atoms with Crippen molar-refractivity contribution in [3.05, 3.63) is 53.7 Å². The lowest BCUT2D eigenvalue weighted by atomic mass is 10.3. The van der Waals surface area contributed by atoms with Crippen molar-refractivity contribution in [1.82, 2.24) is 4.98 Å². The molecule has 3 nitrogen and oxygen atoms in total. The van der Waals surface area contributed by atoms with Crippen LogP contribution in [0.5, 0.6) is 0 Å². The van der Waals surface area contributed by atoms with Crippen molar-refractivity contribution in [2.24, 2.45) is 0 Å². The van der Waals surface area contributed by atoms with Crippen LogP contribution in [-0.2, 0) is 4.74 Å². The summed E-state index contributed by atoms with van der Waals surface area (Å²) >= 11 is 3.05. The molecule has 0 unspecified atom stereocenters. The Morgan fingerprint density at radius 3 is 2.80 bits per heavy atom. The highest BCUT2D eigenvalue weighted by molar-refractivity contribution is 7.99. The Labute approximate surface area is 124 Å². The average molecular weight is 301 g/mol. The van der Waals surface area contributed by atoms with Gasteiger partial charge in [-0.15, -0.1) is 11.3 Å². The number of hydrogen-bond acceptors (Lipinski definition) is 5. The van der Waals surface area contributed by atoms with Crippen LogP contribution in [0.2, 0.25) is 0 Å². The first-order chi connectivity index (χ1) is 9.78. The zero-order valence-corrected chi connectivity index (χ0v) is 12.3. The van der Waals surface area contributed by atoms with E-state index in [1.807, 2.05) is 30.5 Å². The molecule has 0 saturated carbocycles. The summed E-state index contributed by atoms with van der Waals surface area (Å²) in [6.45, 7) is 0. The van der Waals surface area contributed by atoms with Crippen molar-refractivity contribution < 1.29 is 9.53 Å². The van der Waals surface area contributed by atoms with Crippen LogP contribution in [0, 0.1) is 0 Å². The van der Waals surface area contributed by atoms with Crippen molar-refractivity contribution in [2.45, 2.75) is 9.79 Å². The Balaban J connectivity index is 2.03. The van der Waals surface area contributed by atoms with Gasteiger partial charge in [0.1, 0.15) is 4.88 Å². The lowest BCUT2D eigenvalue weighted by Gasteiger charge is -2.02. The standard InChI is InChI=1S/C15H11NO2S2/c1-18-15(17)12-7-11-13(8-16-9-14(11)20-12)19-10-5-3-2-4-6-10/h2-9H,1H3. The first-order valence-corrected chi connectivity index (χ1v) is 7.60. The molecule has 3 rings (SSSR count). The molecule has 100 valence electrons. The van der Waals surface area contributed by atoms with E-state index in [4.69, 9.17) is 4.74 Å². The number of pyridine rings is 1. The van der Waals surface area contributed by atoms with Crippen LogP contribution in [0.15, 0.2) is 58.6 Å². The van der Waals surface area contributed by atoms with E-state index in [1.165, 1.54) is 18.4 Å². The van der Waals surface area contributed by atoms with E-state index in [0.29, 0.717) is 4.88 Å². The number of methoxy groups -OCH3 is 1. The number of carbonyl (C=O) groups excluding carboxylic acids is 1. The fraction of sp³-hybridized carbons (Fsp3) is 0.0667. The van der Waals surface area contributed by atoms with Crippen molar-refractivity contribution >= 4 is 39.2 Å². The van der Waals surface area contributed by atoms with Gasteiger partial charge in [0.25, 0.3) is 0 Å². The predicted molar refractivity (Wildman–Crippen MR) is 81.5 cm³/mol. The molecule has 0 amide bonds. The number of hydrogen-bond donors (Lipinski definition) is 0. The first kappa shape index (κ1) is 13.1. The Kier molecular flexibility index (Phi) is 3.71.